The number of aliphatic carboxylic acids is 1. The van der Waals surface area contributed by atoms with Gasteiger partial charge in [-0.25, -0.2) is 0 Å². The van der Waals surface area contributed by atoms with Gasteiger partial charge in [-0.1, -0.05) is 30.3 Å². The Hall–Kier alpha value is -2.64. The molecule has 1 atom stereocenters. The average Bonchev–Trinajstić information content (AvgIpc) is 2.47. The number of carbonyl (C=O) groups excluding carboxylic acids is 1. The Labute approximate surface area is 120 Å². The van der Waals surface area contributed by atoms with Gasteiger partial charge in [-0.2, -0.15) is 0 Å². The third-order valence-electron chi connectivity index (χ3n) is 2.68. The van der Waals surface area contributed by atoms with Crippen molar-refractivity contribution in [3.63, 3.8) is 0 Å². The molecule has 0 saturated carbocycles. The molecule has 1 amide bonds. The summed E-state index contributed by atoms with van der Waals surface area (Å²) in [7, 11) is 0. The molecular weight excluding hydrogens is 276 g/mol. The second kappa shape index (κ2) is 7.22. The number of fused-ring (bicyclic) bond motifs is 1. The molecule has 0 aliphatic rings. The Kier molecular flexibility index (Phi) is 5.65. The Bertz CT molecular complexity index is 657. The molecule has 0 heterocycles. The van der Waals surface area contributed by atoms with E-state index in [0.29, 0.717) is 5.39 Å². The van der Waals surface area contributed by atoms with Crippen LogP contribution in [0.5, 0.6) is 5.75 Å². The topological polar surface area (TPSA) is 147 Å². The predicted molar refractivity (Wildman–Crippen MR) is 76.8 cm³/mol. The van der Waals surface area contributed by atoms with Crippen LogP contribution in [0.2, 0.25) is 0 Å². The van der Waals surface area contributed by atoms with Crippen LogP contribution in [0.4, 0.5) is 0 Å². The fraction of sp³-hybridized carbons (Fsp3) is 0.143. The number of nitrogens with two attached hydrogens (primary N) is 2. The normalized spacial score (nSPS) is 11.3. The maximum atomic E-state index is 10.9. The van der Waals surface area contributed by atoms with Crippen LogP contribution < -0.4 is 11.5 Å². The number of primary amides is 1. The number of rotatable bonds is 3. The highest BCUT2D eigenvalue weighted by atomic mass is 16.4. The number of hydrogen-bond donors (Lipinski definition) is 5. The Balaban J connectivity index is 0.000000270. The predicted octanol–water partition coefficient (Wildman–Crippen LogP) is 0.0349. The van der Waals surface area contributed by atoms with E-state index in [1.165, 1.54) is 6.07 Å². The first-order chi connectivity index (χ1) is 9.88. The van der Waals surface area contributed by atoms with E-state index in [0.717, 1.165) is 5.39 Å². The number of carboxylic acids is 1. The fourth-order valence-corrected chi connectivity index (χ4v) is 1.53. The standard InChI is InChI=1S/C11H9NO2.C3H7NO3/c12-11(14)9-6-5-7-3-1-2-4-8(7)10(9)13;4-2(1-5)3(6)7/h1-6,13H,(H2,12,14);2,5H,1,4H2,(H,6,7)/t;2-/m.0/s1. The number of aliphatic hydroxyl groups excluding tert-OH is 1. The van der Waals surface area contributed by atoms with E-state index in [1.54, 1.807) is 18.2 Å². The van der Waals surface area contributed by atoms with Gasteiger partial charge in [-0.15, -0.1) is 0 Å². The van der Waals surface area contributed by atoms with Crippen LogP contribution in [0.3, 0.4) is 0 Å². The molecule has 0 unspecified atom stereocenters. The summed E-state index contributed by atoms with van der Waals surface area (Å²) in [6, 6.07) is 9.44. The summed E-state index contributed by atoms with van der Waals surface area (Å²) >= 11 is 0. The molecule has 0 aliphatic carbocycles. The lowest BCUT2D eigenvalue weighted by Crippen LogP contribution is -2.33. The molecule has 2 rings (SSSR count). The number of phenols is 1. The molecule has 0 aliphatic heterocycles. The Morgan fingerprint density at radius 1 is 1.14 bits per heavy atom. The second-order valence-corrected chi connectivity index (χ2v) is 4.17. The van der Waals surface area contributed by atoms with E-state index in [4.69, 9.17) is 21.7 Å². The van der Waals surface area contributed by atoms with Crippen LogP contribution in [0.15, 0.2) is 36.4 Å². The van der Waals surface area contributed by atoms with Crippen LogP contribution in [-0.4, -0.2) is 39.8 Å². The quantitative estimate of drug-likeness (QED) is 0.539. The van der Waals surface area contributed by atoms with E-state index in [-0.39, 0.29) is 11.3 Å². The molecule has 7 nitrogen and oxygen atoms in total. The van der Waals surface area contributed by atoms with E-state index in [2.05, 4.69) is 0 Å². The molecule has 112 valence electrons. The lowest BCUT2D eigenvalue weighted by atomic mass is 10.1. The van der Waals surface area contributed by atoms with E-state index >= 15 is 0 Å². The number of carbonyl (C=O) groups is 2. The lowest BCUT2D eigenvalue weighted by molar-refractivity contribution is -0.139. The summed E-state index contributed by atoms with van der Waals surface area (Å²) in [5, 5.41) is 27.1. The van der Waals surface area contributed by atoms with E-state index in [1.807, 2.05) is 12.1 Å². The molecule has 0 radical (unpaired) electrons. The van der Waals surface area contributed by atoms with Gasteiger partial charge < -0.3 is 26.8 Å². The first kappa shape index (κ1) is 16.4. The van der Waals surface area contributed by atoms with Gasteiger partial charge in [0.2, 0.25) is 0 Å². The molecule has 0 aromatic heterocycles. The summed E-state index contributed by atoms with van der Waals surface area (Å²) in [5.41, 5.74) is 10.0. The fourth-order valence-electron chi connectivity index (χ4n) is 1.53. The van der Waals surface area contributed by atoms with Crippen LogP contribution in [-0.2, 0) is 4.79 Å². The zero-order valence-corrected chi connectivity index (χ0v) is 11.1. The highest BCUT2D eigenvalue weighted by Gasteiger charge is 2.09. The van der Waals surface area contributed by atoms with Crippen LogP contribution in [0, 0.1) is 0 Å². The molecule has 7 N–H and O–H groups in total. The van der Waals surface area contributed by atoms with Crippen molar-refractivity contribution in [1.82, 2.24) is 0 Å². The number of aromatic hydroxyl groups is 1. The van der Waals surface area contributed by atoms with E-state index in [9.17, 15) is 14.7 Å². The van der Waals surface area contributed by atoms with Gasteiger partial charge >= 0.3 is 5.97 Å². The van der Waals surface area contributed by atoms with Gasteiger partial charge in [0, 0.05) is 5.39 Å². The van der Waals surface area contributed by atoms with Crippen LogP contribution in [0.1, 0.15) is 10.4 Å². The molecule has 21 heavy (non-hydrogen) atoms. The maximum Gasteiger partial charge on any atom is 0.322 e. The highest BCUT2D eigenvalue weighted by Crippen LogP contribution is 2.27. The van der Waals surface area contributed by atoms with Crippen LogP contribution in [0.25, 0.3) is 10.8 Å². The van der Waals surface area contributed by atoms with Crippen molar-refractivity contribution in [2.45, 2.75) is 6.04 Å². The summed E-state index contributed by atoms with van der Waals surface area (Å²) < 4.78 is 0. The lowest BCUT2D eigenvalue weighted by Gasteiger charge is -2.04. The Morgan fingerprint density at radius 2 is 1.76 bits per heavy atom. The molecule has 2 aromatic carbocycles. The summed E-state index contributed by atoms with van der Waals surface area (Å²) in [5.74, 6) is -1.84. The van der Waals surface area contributed by atoms with Gasteiger partial charge in [-0.05, 0) is 11.5 Å². The van der Waals surface area contributed by atoms with Gasteiger partial charge in [0.1, 0.15) is 11.8 Å². The van der Waals surface area contributed by atoms with E-state index < -0.39 is 24.5 Å². The van der Waals surface area contributed by atoms with Crippen molar-refractivity contribution in [2.75, 3.05) is 6.61 Å². The van der Waals surface area contributed by atoms with Gasteiger partial charge in [0.25, 0.3) is 5.91 Å². The minimum Gasteiger partial charge on any atom is -0.506 e. The minimum absolute atomic E-state index is 0.0457. The largest absolute Gasteiger partial charge is 0.506 e. The molecule has 2 aromatic rings. The second-order valence-electron chi connectivity index (χ2n) is 4.17. The molecule has 0 saturated heterocycles. The summed E-state index contributed by atoms with van der Waals surface area (Å²) in [4.78, 5) is 20.6. The van der Waals surface area contributed by atoms with Gasteiger partial charge in [0.05, 0.1) is 12.2 Å². The van der Waals surface area contributed by atoms with Crippen molar-refractivity contribution in [1.29, 1.82) is 0 Å². The first-order valence-corrected chi connectivity index (χ1v) is 5.98. The van der Waals surface area contributed by atoms with Crippen LogP contribution >= 0.6 is 0 Å². The number of hydrogen-bond acceptors (Lipinski definition) is 5. The molecule has 7 heteroatoms. The summed E-state index contributed by atoms with van der Waals surface area (Å²) in [6.45, 7) is -0.505. The molecule has 0 spiro atoms. The molecule has 0 bridgehead atoms. The minimum atomic E-state index is -1.18. The van der Waals surface area contributed by atoms with Crippen molar-refractivity contribution < 1.29 is 24.9 Å². The third-order valence-corrected chi connectivity index (χ3v) is 2.68. The highest BCUT2D eigenvalue weighted by molar-refractivity contribution is 6.02. The Morgan fingerprint density at radius 3 is 2.24 bits per heavy atom. The summed E-state index contributed by atoms with van der Waals surface area (Å²) in [6.07, 6.45) is 0. The van der Waals surface area contributed by atoms with Crippen molar-refractivity contribution in [2.24, 2.45) is 11.5 Å². The van der Waals surface area contributed by atoms with Crippen molar-refractivity contribution in [3.05, 3.63) is 42.0 Å². The number of benzene rings is 2. The zero-order valence-electron chi connectivity index (χ0n) is 11.1. The zero-order chi connectivity index (χ0) is 16.0. The molecule has 0 fully saturated rings. The maximum absolute atomic E-state index is 10.9. The monoisotopic (exact) mass is 292 g/mol. The molecular formula is C14H16N2O5. The third kappa shape index (κ3) is 4.16. The number of amides is 1. The number of carboxylic acid groups (broad SMARTS) is 1. The average molecular weight is 292 g/mol. The van der Waals surface area contributed by atoms with Crippen molar-refractivity contribution in [3.8, 4) is 5.75 Å². The first-order valence-electron chi connectivity index (χ1n) is 5.98. The smallest absolute Gasteiger partial charge is 0.322 e. The number of aliphatic hydroxyl groups is 1. The SMILES string of the molecule is NC(=O)c1ccc2ccccc2c1O.N[C@@H](CO)C(=O)O. The van der Waals surface area contributed by atoms with Gasteiger partial charge in [-0.3, -0.25) is 9.59 Å². The van der Waals surface area contributed by atoms with Gasteiger partial charge in [0.15, 0.2) is 0 Å². The van der Waals surface area contributed by atoms with Crippen molar-refractivity contribution >= 4 is 22.6 Å².